The molecule has 14 heavy (non-hydrogen) atoms. The van der Waals surface area contributed by atoms with Gasteiger partial charge in [0.25, 0.3) is 0 Å². The van der Waals surface area contributed by atoms with Crippen molar-refractivity contribution in [2.24, 2.45) is 5.92 Å². The topological polar surface area (TPSA) is 33.1 Å². The van der Waals surface area contributed by atoms with Gasteiger partial charge < -0.3 is 5.11 Å². The van der Waals surface area contributed by atoms with Crippen molar-refractivity contribution in [3.8, 4) is 0 Å². The summed E-state index contributed by atoms with van der Waals surface area (Å²) in [6.07, 6.45) is 8.25. The molecule has 0 saturated heterocycles. The largest absolute Gasteiger partial charge is 0.385 e. The molecule has 1 aromatic heterocycles. The van der Waals surface area contributed by atoms with E-state index < -0.39 is 5.60 Å². The van der Waals surface area contributed by atoms with Gasteiger partial charge in [-0.15, -0.1) is 0 Å². The summed E-state index contributed by atoms with van der Waals surface area (Å²) in [5.41, 5.74) is 0.242. The van der Waals surface area contributed by atoms with Crippen LogP contribution in [0.5, 0.6) is 0 Å². The van der Waals surface area contributed by atoms with Crippen molar-refractivity contribution in [3.63, 3.8) is 0 Å². The van der Waals surface area contributed by atoms with E-state index in [1.54, 1.807) is 12.4 Å². The SMILES string of the molecule is CC(O)(CC1CCC1)c1cccnc1. The van der Waals surface area contributed by atoms with Crippen LogP contribution in [0.2, 0.25) is 0 Å². The smallest absolute Gasteiger partial charge is 0.0886 e. The van der Waals surface area contributed by atoms with Gasteiger partial charge in [0.05, 0.1) is 5.60 Å². The summed E-state index contributed by atoms with van der Waals surface area (Å²) in [4.78, 5) is 4.04. The maximum absolute atomic E-state index is 10.3. The minimum atomic E-state index is -0.695. The highest BCUT2D eigenvalue weighted by atomic mass is 16.3. The summed E-state index contributed by atoms with van der Waals surface area (Å²) in [6.45, 7) is 1.89. The van der Waals surface area contributed by atoms with Crippen LogP contribution in [0.3, 0.4) is 0 Å². The Morgan fingerprint density at radius 2 is 2.36 bits per heavy atom. The highest BCUT2D eigenvalue weighted by molar-refractivity contribution is 5.17. The van der Waals surface area contributed by atoms with Gasteiger partial charge in [-0.2, -0.15) is 0 Å². The molecule has 0 spiro atoms. The van der Waals surface area contributed by atoms with E-state index in [0.29, 0.717) is 5.92 Å². The molecule has 1 unspecified atom stereocenters. The van der Waals surface area contributed by atoms with Crippen molar-refractivity contribution in [2.75, 3.05) is 0 Å². The molecule has 0 amide bonds. The summed E-state index contributed by atoms with van der Waals surface area (Å²) < 4.78 is 0. The van der Waals surface area contributed by atoms with Gasteiger partial charge in [-0.25, -0.2) is 0 Å². The highest BCUT2D eigenvalue weighted by Gasteiger charge is 2.30. The van der Waals surface area contributed by atoms with Crippen molar-refractivity contribution in [1.29, 1.82) is 0 Å². The first kappa shape index (κ1) is 9.66. The Morgan fingerprint density at radius 1 is 1.57 bits per heavy atom. The lowest BCUT2D eigenvalue weighted by Gasteiger charge is -2.33. The molecule has 1 fully saturated rings. The third-order valence-electron chi connectivity index (χ3n) is 3.19. The van der Waals surface area contributed by atoms with E-state index in [0.717, 1.165) is 12.0 Å². The second-order valence-electron chi connectivity index (χ2n) is 4.52. The number of aliphatic hydroxyl groups is 1. The molecule has 1 saturated carbocycles. The molecule has 0 radical (unpaired) electrons. The molecule has 1 aliphatic rings. The van der Waals surface area contributed by atoms with E-state index in [9.17, 15) is 5.11 Å². The molecule has 1 aliphatic carbocycles. The van der Waals surface area contributed by atoms with E-state index >= 15 is 0 Å². The van der Waals surface area contributed by atoms with Gasteiger partial charge >= 0.3 is 0 Å². The average Bonchev–Trinajstić information content (AvgIpc) is 2.13. The molecule has 1 N–H and O–H groups in total. The first-order chi connectivity index (χ1) is 6.68. The monoisotopic (exact) mass is 191 g/mol. The molecule has 0 aromatic carbocycles. The molecule has 1 atom stereocenters. The third kappa shape index (κ3) is 1.95. The van der Waals surface area contributed by atoms with Crippen LogP contribution in [0.1, 0.15) is 38.2 Å². The fraction of sp³-hybridized carbons (Fsp3) is 0.583. The molecular formula is C12H17NO. The molecule has 2 heteroatoms. The predicted molar refractivity (Wildman–Crippen MR) is 55.8 cm³/mol. The summed E-state index contributed by atoms with van der Waals surface area (Å²) >= 11 is 0. The Kier molecular flexibility index (Phi) is 2.55. The first-order valence-corrected chi connectivity index (χ1v) is 5.31. The number of rotatable bonds is 3. The van der Waals surface area contributed by atoms with Gasteiger partial charge in [-0.1, -0.05) is 25.3 Å². The van der Waals surface area contributed by atoms with Crippen LogP contribution in [0.4, 0.5) is 0 Å². The Balaban J connectivity index is 2.06. The average molecular weight is 191 g/mol. The number of hydrogen-bond acceptors (Lipinski definition) is 2. The van der Waals surface area contributed by atoms with Gasteiger partial charge in [0.15, 0.2) is 0 Å². The lowest BCUT2D eigenvalue weighted by atomic mass is 9.76. The quantitative estimate of drug-likeness (QED) is 0.796. The van der Waals surface area contributed by atoms with Crippen molar-refractivity contribution >= 4 is 0 Å². The Morgan fingerprint density at radius 3 is 2.86 bits per heavy atom. The second kappa shape index (κ2) is 3.70. The van der Waals surface area contributed by atoms with Crippen LogP contribution >= 0.6 is 0 Å². The van der Waals surface area contributed by atoms with Gasteiger partial charge in [0.1, 0.15) is 0 Å². The number of hydrogen-bond donors (Lipinski definition) is 1. The normalized spacial score (nSPS) is 21.3. The van der Waals surface area contributed by atoms with Gasteiger partial charge in [0.2, 0.25) is 0 Å². The van der Waals surface area contributed by atoms with Crippen LogP contribution in [0, 0.1) is 5.92 Å². The maximum atomic E-state index is 10.3. The third-order valence-corrected chi connectivity index (χ3v) is 3.19. The zero-order valence-corrected chi connectivity index (χ0v) is 8.61. The summed E-state index contributed by atoms with van der Waals surface area (Å²) in [5, 5.41) is 10.3. The van der Waals surface area contributed by atoms with Gasteiger partial charge in [-0.3, -0.25) is 4.98 Å². The Bertz CT molecular complexity index is 290. The molecule has 76 valence electrons. The minimum absolute atomic E-state index is 0.695. The molecule has 0 aliphatic heterocycles. The maximum Gasteiger partial charge on any atom is 0.0886 e. The van der Waals surface area contributed by atoms with E-state index in [4.69, 9.17) is 0 Å². The van der Waals surface area contributed by atoms with Crippen molar-refractivity contribution in [3.05, 3.63) is 30.1 Å². The standard InChI is InChI=1S/C12H17NO/c1-12(14,8-10-4-2-5-10)11-6-3-7-13-9-11/h3,6-7,9-10,14H,2,4-5,8H2,1H3. The van der Waals surface area contributed by atoms with Crippen LogP contribution in [-0.4, -0.2) is 10.1 Å². The summed E-state index contributed by atoms with van der Waals surface area (Å²) in [6, 6.07) is 3.83. The van der Waals surface area contributed by atoms with Crippen LogP contribution in [0.25, 0.3) is 0 Å². The Hall–Kier alpha value is -0.890. The fourth-order valence-electron chi connectivity index (χ4n) is 2.06. The molecule has 2 rings (SSSR count). The molecular weight excluding hydrogens is 174 g/mol. The molecule has 1 heterocycles. The van der Waals surface area contributed by atoms with Crippen molar-refractivity contribution < 1.29 is 5.11 Å². The van der Waals surface area contributed by atoms with E-state index in [1.807, 2.05) is 19.1 Å². The van der Waals surface area contributed by atoms with Crippen LogP contribution in [0.15, 0.2) is 24.5 Å². The van der Waals surface area contributed by atoms with Crippen molar-refractivity contribution in [1.82, 2.24) is 4.98 Å². The lowest BCUT2D eigenvalue weighted by Crippen LogP contribution is -2.28. The van der Waals surface area contributed by atoms with Crippen molar-refractivity contribution in [2.45, 2.75) is 38.2 Å². The lowest BCUT2D eigenvalue weighted by molar-refractivity contribution is 0.0159. The van der Waals surface area contributed by atoms with E-state index in [1.165, 1.54) is 19.3 Å². The fourth-order valence-corrected chi connectivity index (χ4v) is 2.06. The van der Waals surface area contributed by atoms with Crippen LogP contribution in [-0.2, 0) is 5.60 Å². The summed E-state index contributed by atoms with van der Waals surface area (Å²) in [5.74, 6) is 0.713. The second-order valence-corrected chi connectivity index (χ2v) is 4.52. The number of aromatic nitrogens is 1. The van der Waals surface area contributed by atoms with E-state index in [2.05, 4.69) is 4.98 Å². The van der Waals surface area contributed by atoms with Crippen LogP contribution < -0.4 is 0 Å². The first-order valence-electron chi connectivity index (χ1n) is 5.31. The molecule has 0 bridgehead atoms. The predicted octanol–water partition coefficient (Wildman–Crippen LogP) is 2.48. The zero-order chi connectivity index (χ0) is 10.0. The van der Waals surface area contributed by atoms with E-state index in [-0.39, 0.29) is 0 Å². The molecule has 2 nitrogen and oxygen atoms in total. The Labute approximate surface area is 85.0 Å². The highest BCUT2D eigenvalue weighted by Crippen LogP contribution is 2.37. The summed E-state index contributed by atoms with van der Waals surface area (Å²) in [7, 11) is 0. The van der Waals surface area contributed by atoms with Gasteiger partial charge in [0, 0.05) is 18.0 Å². The number of nitrogens with zero attached hydrogens (tertiary/aromatic N) is 1. The molecule has 1 aromatic rings. The zero-order valence-electron chi connectivity index (χ0n) is 8.61. The number of pyridine rings is 1. The van der Waals surface area contributed by atoms with Gasteiger partial charge in [-0.05, 0) is 25.3 Å². The minimum Gasteiger partial charge on any atom is -0.385 e.